The molecule has 0 aliphatic rings. The van der Waals surface area contributed by atoms with E-state index < -0.39 is 5.41 Å². The van der Waals surface area contributed by atoms with Crippen LogP contribution in [0.25, 0.3) is 0 Å². The Balaban J connectivity index is 3.64. The lowest BCUT2D eigenvalue weighted by atomic mass is 9.96. The SMILES string of the molecule is CC(C)(C)C(=O)NOCN. The van der Waals surface area contributed by atoms with Crippen LogP contribution in [0.15, 0.2) is 0 Å². The molecule has 0 fully saturated rings. The highest BCUT2D eigenvalue weighted by Gasteiger charge is 2.20. The van der Waals surface area contributed by atoms with Crippen LogP contribution in [0, 0.1) is 5.41 Å². The van der Waals surface area contributed by atoms with Crippen molar-refractivity contribution in [1.82, 2.24) is 5.48 Å². The third-order valence-corrected chi connectivity index (χ3v) is 0.929. The number of carbonyl (C=O) groups excluding carboxylic acids is 1. The summed E-state index contributed by atoms with van der Waals surface area (Å²) in [7, 11) is 0. The topological polar surface area (TPSA) is 64.3 Å². The highest BCUT2D eigenvalue weighted by Crippen LogP contribution is 2.11. The second-order valence-corrected chi connectivity index (χ2v) is 2.99. The van der Waals surface area contributed by atoms with Crippen LogP contribution in [0.4, 0.5) is 0 Å². The van der Waals surface area contributed by atoms with Crippen molar-refractivity contribution in [3.8, 4) is 0 Å². The van der Waals surface area contributed by atoms with E-state index >= 15 is 0 Å². The third-order valence-electron chi connectivity index (χ3n) is 0.929. The van der Waals surface area contributed by atoms with Crippen molar-refractivity contribution in [2.24, 2.45) is 11.1 Å². The van der Waals surface area contributed by atoms with Crippen molar-refractivity contribution in [3.05, 3.63) is 0 Å². The van der Waals surface area contributed by atoms with Crippen LogP contribution in [0.1, 0.15) is 20.8 Å². The maximum atomic E-state index is 10.9. The fourth-order valence-corrected chi connectivity index (χ4v) is 0.260. The van der Waals surface area contributed by atoms with Crippen molar-refractivity contribution in [2.75, 3.05) is 6.73 Å². The molecule has 4 heteroatoms. The highest BCUT2D eigenvalue weighted by atomic mass is 16.7. The summed E-state index contributed by atoms with van der Waals surface area (Å²) in [6, 6.07) is 0. The fourth-order valence-electron chi connectivity index (χ4n) is 0.260. The number of rotatable bonds is 2. The number of hydrogen-bond donors (Lipinski definition) is 2. The fraction of sp³-hybridized carbons (Fsp3) is 0.833. The number of nitrogens with two attached hydrogens (primary N) is 1. The molecule has 3 N–H and O–H groups in total. The molecular formula is C6H14N2O2. The number of nitrogens with one attached hydrogen (secondary N) is 1. The molecule has 10 heavy (non-hydrogen) atoms. The number of carbonyl (C=O) groups is 1. The summed E-state index contributed by atoms with van der Waals surface area (Å²) < 4.78 is 0. The minimum absolute atomic E-state index is 0.00181. The molecular weight excluding hydrogens is 132 g/mol. The minimum atomic E-state index is -0.421. The first-order valence-electron chi connectivity index (χ1n) is 3.11. The minimum Gasteiger partial charge on any atom is -0.307 e. The standard InChI is InChI=1S/C6H14N2O2/c1-6(2,3)5(9)8-10-4-7/h4,7H2,1-3H3,(H,8,9). The van der Waals surface area contributed by atoms with E-state index in [9.17, 15) is 4.79 Å². The molecule has 0 unspecified atom stereocenters. The lowest BCUT2D eigenvalue weighted by Crippen LogP contribution is -2.36. The summed E-state index contributed by atoms with van der Waals surface area (Å²) in [6.07, 6.45) is 0. The maximum absolute atomic E-state index is 10.9. The van der Waals surface area contributed by atoms with Crippen molar-refractivity contribution in [2.45, 2.75) is 20.8 Å². The smallest absolute Gasteiger partial charge is 0.248 e. The normalized spacial score (nSPS) is 11.2. The molecule has 1 amide bonds. The molecule has 0 aliphatic carbocycles. The van der Waals surface area contributed by atoms with E-state index in [0.29, 0.717) is 0 Å². The number of amides is 1. The molecule has 0 aromatic heterocycles. The van der Waals surface area contributed by atoms with Gasteiger partial charge < -0.3 is 5.73 Å². The molecule has 0 spiro atoms. The second kappa shape index (κ2) is 3.53. The molecule has 0 atom stereocenters. The van der Waals surface area contributed by atoms with Crippen LogP contribution in [0.3, 0.4) is 0 Å². The largest absolute Gasteiger partial charge is 0.307 e. The molecule has 0 bridgehead atoms. The predicted octanol–water partition coefficient (Wildman–Crippen LogP) is -0.00350. The van der Waals surface area contributed by atoms with E-state index in [2.05, 4.69) is 10.3 Å². The first kappa shape index (κ1) is 9.39. The van der Waals surface area contributed by atoms with Gasteiger partial charge in [-0.05, 0) is 0 Å². The van der Waals surface area contributed by atoms with Crippen molar-refractivity contribution >= 4 is 5.91 Å². The molecule has 0 aliphatic heterocycles. The van der Waals surface area contributed by atoms with Gasteiger partial charge >= 0.3 is 0 Å². The zero-order chi connectivity index (χ0) is 8.20. The summed E-state index contributed by atoms with van der Waals surface area (Å²) in [6.45, 7) is 5.38. The Hall–Kier alpha value is -0.610. The zero-order valence-electron chi connectivity index (χ0n) is 6.60. The lowest BCUT2D eigenvalue weighted by Gasteiger charge is -2.16. The molecule has 0 aromatic carbocycles. The van der Waals surface area contributed by atoms with E-state index in [1.807, 2.05) is 0 Å². The van der Waals surface area contributed by atoms with Crippen LogP contribution < -0.4 is 11.2 Å². The summed E-state index contributed by atoms with van der Waals surface area (Å²) in [5.74, 6) is -0.169. The molecule has 0 saturated heterocycles. The van der Waals surface area contributed by atoms with Crippen LogP contribution in [-0.2, 0) is 9.63 Å². The van der Waals surface area contributed by atoms with Gasteiger partial charge in [0.1, 0.15) is 6.73 Å². The molecule has 0 radical (unpaired) electrons. The van der Waals surface area contributed by atoms with Gasteiger partial charge in [-0.3, -0.25) is 9.63 Å². The molecule has 4 nitrogen and oxygen atoms in total. The van der Waals surface area contributed by atoms with Gasteiger partial charge in [0.15, 0.2) is 0 Å². The Bertz CT molecular complexity index is 117. The third kappa shape index (κ3) is 3.42. The van der Waals surface area contributed by atoms with Gasteiger partial charge in [-0.15, -0.1) is 0 Å². The van der Waals surface area contributed by atoms with Gasteiger partial charge in [0.2, 0.25) is 5.91 Å². The molecule has 0 heterocycles. The Morgan fingerprint density at radius 2 is 2.10 bits per heavy atom. The van der Waals surface area contributed by atoms with Gasteiger partial charge in [0.05, 0.1) is 0 Å². The summed E-state index contributed by atoms with van der Waals surface area (Å²) >= 11 is 0. The lowest BCUT2D eigenvalue weighted by molar-refractivity contribution is -0.141. The zero-order valence-corrected chi connectivity index (χ0v) is 6.60. The van der Waals surface area contributed by atoms with Crippen LogP contribution in [-0.4, -0.2) is 12.6 Å². The van der Waals surface area contributed by atoms with E-state index in [4.69, 9.17) is 5.73 Å². The van der Waals surface area contributed by atoms with Crippen LogP contribution >= 0.6 is 0 Å². The van der Waals surface area contributed by atoms with Gasteiger partial charge in [0, 0.05) is 5.41 Å². The monoisotopic (exact) mass is 146 g/mol. The van der Waals surface area contributed by atoms with E-state index in [-0.39, 0.29) is 12.6 Å². The Morgan fingerprint density at radius 1 is 1.60 bits per heavy atom. The van der Waals surface area contributed by atoms with E-state index in [1.54, 1.807) is 20.8 Å². The Labute approximate surface area is 60.7 Å². The molecule has 0 saturated carbocycles. The highest BCUT2D eigenvalue weighted by molar-refractivity contribution is 5.80. The number of hydrogen-bond acceptors (Lipinski definition) is 3. The predicted molar refractivity (Wildman–Crippen MR) is 37.7 cm³/mol. The molecule has 60 valence electrons. The van der Waals surface area contributed by atoms with Crippen molar-refractivity contribution in [3.63, 3.8) is 0 Å². The van der Waals surface area contributed by atoms with Crippen molar-refractivity contribution in [1.29, 1.82) is 0 Å². The van der Waals surface area contributed by atoms with Gasteiger partial charge in [-0.1, -0.05) is 20.8 Å². The van der Waals surface area contributed by atoms with Crippen molar-refractivity contribution < 1.29 is 9.63 Å². The van der Waals surface area contributed by atoms with Gasteiger partial charge in [-0.25, -0.2) is 5.48 Å². The van der Waals surface area contributed by atoms with E-state index in [1.165, 1.54) is 0 Å². The first-order chi connectivity index (χ1) is 4.48. The summed E-state index contributed by atoms with van der Waals surface area (Å²) in [5, 5.41) is 0. The summed E-state index contributed by atoms with van der Waals surface area (Å²) in [5.41, 5.74) is 6.77. The van der Waals surface area contributed by atoms with Crippen LogP contribution in [0.5, 0.6) is 0 Å². The number of hydroxylamine groups is 1. The molecule has 0 aromatic rings. The maximum Gasteiger partial charge on any atom is 0.248 e. The average molecular weight is 146 g/mol. The first-order valence-corrected chi connectivity index (χ1v) is 3.11. The van der Waals surface area contributed by atoms with E-state index in [0.717, 1.165) is 0 Å². The second-order valence-electron chi connectivity index (χ2n) is 2.99. The summed E-state index contributed by atoms with van der Waals surface area (Å²) in [4.78, 5) is 15.4. The Morgan fingerprint density at radius 3 is 2.40 bits per heavy atom. The van der Waals surface area contributed by atoms with Gasteiger partial charge in [-0.2, -0.15) is 0 Å². The Kier molecular flexibility index (Phi) is 3.32. The molecule has 0 rings (SSSR count). The van der Waals surface area contributed by atoms with Gasteiger partial charge in [0.25, 0.3) is 0 Å². The average Bonchev–Trinajstić information content (AvgIpc) is 1.80. The van der Waals surface area contributed by atoms with Crippen LogP contribution in [0.2, 0.25) is 0 Å². The quantitative estimate of drug-likeness (QED) is 0.425.